The van der Waals surface area contributed by atoms with E-state index in [9.17, 15) is 14.4 Å². The molecule has 0 radical (unpaired) electrons. The first-order valence-electron chi connectivity index (χ1n) is 12.7. The van der Waals surface area contributed by atoms with Crippen LogP contribution >= 0.6 is 0 Å². The fraction of sp³-hybridized carbons (Fsp3) is 0.615. The second kappa shape index (κ2) is 11.6. The van der Waals surface area contributed by atoms with Crippen molar-refractivity contribution in [1.29, 1.82) is 0 Å². The number of unbranched alkanes of at least 4 members (excludes halogenated alkanes) is 2. The number of hydrogen-bond donors (Lipinski definition) is 0. The number of carbonyl (C=O) groups excluding carboxylic acids is 3. The highest BCUT2D eigenvalue weighted by Crippen LogP contribution is 2.31. The first-order valence-corrected chi connectivity index (χ1v) is 12.7. The van der Waals surface area contributed by atoms with Crippen LogP contribution in [0.1, 0.15) is 75.8 Å². The van der Waals surface area contributed by atoms with Crippen LogP contribution in [0.4, 0.5) is 0 Å². The van der Waals surface area contributed by atoms with E-state index in [1.54, 1.807) is 0 Å². The van der Waals surface area contributed by atoms with Gasteiger partial charge < -0.3 is 9.74 Å². The van der Waals surface area contributed by atoms with Gasteiger partial charge in [-0.2, -0.15) is 0 Å². The van der Waals surface area contributed by atoms with E-state index >= 15 is 0 Å². The quantitative estimate of drug-likeness (QED) is 0.515. The molecular weight excluding hydrogens is 432 g/mol. The van der Waals surface area contributed by atoms with Crippen molar-refractivity contribution in [3.05, 3.63) is 42.4 Å². The van der Waals surface area contributed by atoms with Crippen molar-refractivity contribution in [1.82, 2.24) is 19.8 Å². The Morgan fingerprint density at radius 1 is 1.09 bits per heavy atom. The topological polar surface area (TPSA) is 83.0 Å². The average Bonchev–Trinajstić information content (AvgIpc) is 3.46. The molecular formula is C26H36N4O4. The minimum Gasteiger partial charge on any atom is -0.343 e. The van der Waals surface area contributed by atoms with Gasteiger partial charge in [0.25, 0.3) is 5.91 Å². The Balaban J connectivity index is 1.10. The molecule has 8 nitrogen and oxygen atoms in total. The molecule has 1 aromatic heterocycles. The molecule has 1 aromatic rings. The van der Waals surface area contributed by atoms with E-state index in [-0.39, 0.29) is 17.7 Å². The summed E-state index contributed by atoms with van der Waals surface area (Å²) in [4.78, 5) is 50.8. The highest BCUT2D eigenvalue weighted by atomic mass is 16.7. The van der Waals surface area contributed by atoms with Crippen LogP contribution < -0.4 is 0 Å². The Morgan fingerprint density at radius 2 is 1.91 bits per heavy atom. The maximum absolute atomic E-state index is 12.6. The summed E-state index contributed by atoms with van der Waals surface area (Å²) in [5.74, 6) is -0.721. The van der Waals surface area contributed by atoms with E-state index in [0.29, 0.717) is 56.9 Å². The summed E-state index contributed by atoms with van der Waals surface area (Å²) in [5.41, 5.74) is 1.84. The highest BCUT2D eigenvalue weighted by molar-refractivity contribution is 5.83. The molecule has 3 saturated heterocycles. The van der Waals surface area contributed by atoms with Gasteiger partial charge in [0.15, 0.2) is 0 Å². The zero-order valence-corrected chi connectivity index (χ0v) is 20.0. The summed E-state index contributed by atoms with van der Waals surface area (Å²) in [7, 11) is 0. The van der Waals surface area contributed by atoms with Crippen LogP contribution in [-0.2, 0) is 19.2 Å². The minimum absolute atomic E-state index is 0.171. The Morgan fingerprint density at radius 3 is 2.62 bits per heavy atom. The Bertz CT molecular complexity index is 866. The van der Waals surface area contributed by atoms with Gasteiger partial charge in [0.05, 0.1) is 11.6 Å². The van der Waals surface area contributed by atoms with Crippen molar-refractivity contribution in [3.8, 4) is 0 Å². The van der Waals surface area contributed by atoms with Gasteiger partial charge in [-0.15, -0.1) is 5.06 Å². The summed E-state index contributed by atoms with van der Waals surface area (Å²) < 4.78 is 0. The Kier molecular flexibility index (Phi) is 8.32. The number of allylic oxidation sites excluding steroid dienone is 1. The van der Waals surface area contributed by atoms with E-state index in [1.165, 1.54) is 18.4 Å². The van der Waals surface area contributed by atoms with Gasteiger partial charge in [0.2, 0.25) is 5.91 Å². The molecule has 34 heavy (non-hydrogen) atoms. The number of amides is 2. The van der Waals surface area contributed by atoms with Crippen molar-refractivity contribution >= 4 is 17.8 Å². The zero-order chi connectivity index (χ0) is 23.9. The molecule has 0 aliphatic carbocycles. The molecule has 0 saturated carbocycles. The second-order valence-corrected chi connectivity index (χ2v) is 9.61. The van der Waals surface area contributed by atoms with Gasteiger partial charge in [-0.3, -0.25) is 19.5 Å². The number of nitrogens with zero attached hydrogens (tertiary/aromatic N) is 4. The van der Waals surface area contributed by atoms with Crippen LogP contribution in [0, 0.1) is 5.92 Å². The second-order valence-electron chi connectivity index (χ2n) is 9.61. The smallest absolute Gasteiger partial charge is 0.336 e. The molecule has 3 aliphatic heterocycles. The Hall–Kier alpha value is -2.74. The van der Waals surface area contributed by atoms with Gasteiger partial charge in [-0.05, 0) is 69.7 Å². The third-order valence-electron chi connectivity index (χ3n) is 7.27. The standard InChI is InChI=1S/C26H36N4O4/c1-20-10-11-25(32)30(20)34-26(33)21-12-17-29(18-13-21)24(31)9-3-2-4-15-28-16-6-8-23(28)22-7-5-14-27-19-22/h5,7,14,19,21,23H,1-4,6,8-13,15-18H2/t23-/m0/s1. The van der Waals surface area contributed by atoms with Crippen LogP contribution in [0.3, 0.4) is 0 Å². The molecule has 3 aliphatic rings. The van der Waals surface area contributed by atoms with E-state index in [2.05, 4.69) is 22.5 Å². The molecule has 3 fully saturated rings. The Labute approximate surface area is 201 Å². The molecule has 4 heterocycles. The van der Waals surface area contributed by atoms with E-state index < -0.39 is 5.97 Å². The fourth-order valence-electron chi connectivity index (χ4n) is 5.25. The normalized spacial score (nSPS) is 21.9. The van der Waals surface area contributed by atoms with Crippen molar-refractivity contribution in [2.75, 3.05) is 26.2 Å². The predicted molar refractivity (Wildman–Crippen MR) is 127 cm³/mol. The first kappa shape index (κ1) is 24.4. The number of pyridine rings is 1. The molecule has 4 rings (SSSR count). The third kappa shape index (κ3) is 6.03. The van der Waals surface area contributed by atoms with Crippen LogP contribution in [-0.4, -0.2) is 63.8 Å². The fourth-order valence-corrected chi connectivity index (χ4v) is 5.25. The maximum Gasteiger partial charge on any atom is 0.336 e. The number of likely N-dealkylation sites (tertiary alicyclic amines) is 2. The molecule has 0 bridgehead atoms. The van der Waals surface area contributed by atoms with Gasteiger partial charge in [-0.1, -0.05) is 19.1 Å². The maximum atomic E-state index is 12.6. The van der Waals surface area contributed by atoms with E-state index in [1.807, 2.05) is 23.4 Å². The number of carbonyl (C=O) groups is 3. The van der Waals surface area contributed by atoms with Crippen molar-refractivity contribution in [3.63, 3.8) is 0 Å². The highest BCUT2D eigenvalue weighted by Gasteiger charge is 2.33. The monoisotopic (exact) mass is 468 g/mol. The summed E-state index contributed by atoms with van der Waals surface area (Å²) >= 11 is 0. The number of hydrogen-bond acceptors (Lipinski definition) is 6. The predicted octanol–water partition coefficient (Wildman–Crippen LogP) is 3.61. The lowest BCUT2D eigenvalue weighted by Gasteiger charge is -2.31. The van der Waals surface area contributed by atoms with Crippen LogP contribution in [0.2, 0.25) is 0 Å². The SMILES string of the molecule is C=C1CCC(=O)N1OC(=O)C1CCN(C(=O)CCCCCN2CCC[C@H]2c2cccnc2)CC1. The number of aromatic nitrogens is 1. The molecule has 0 aromatic carbocycles. The van der Waals surface area contributed by atoms with Crippen LogP contribution in [0.25, 0.3) is 0 Å². The summed E-state index contributed by atoms with van der Waals surface area (Å²) in [5, 5.41) is 1.04. The lowest BCUT2D eigenvalue weighted by atomic mass is 9.96. The van der Waals surface area contributed by atoms with Gasteiger partial charge >= 0.3 is 5.97 Å². The molecule has 0 unspecified atom stereocenters. The van der Waals surface area contributed by atoms with Gasteiger partial charge in [0, 0.05) is 44.4 Å². The summed E-state index contributed by atoms with van der Waals surface area (Å²) in [6.45, 7) is 7.10. The number of hydroxylamine groups is 2. The molecule has 0 N–H and O–H groups in total. The van der Waals surface area contributed by atoms with Crippen LogP contribution in [0.5, 0.6) is 0 Å². The molecule has 2 amide bonds. The molecule has 8 heteroatoms. The van der Waals surface area contributed by atoms with E-state index in [0.717, 1.165) is 37.4 Å². The number of piperidine rings is 1. The lowest BCUT2D eigenvalue weighted by molar-refractivity contribution is -0.191. The third-order valence-corrected chi connectivity index (χ3v) is 7.27. The largest absolute Gasteiger partial charge is 0.343 e. The minimum atomic E-state index is -0.394. The first-order chi connectivity index (χ1) is 16.5. The van der Waals surface area contributed by atoms with Gasteiger partial charge in [0.1, 0.15) is 0 Å². The average molecular weight is 469 g/mol. The summed E-state index contributed by atoms with van der Waals surface area (Å²) in [6.07, 6.45) is 11.8. The molecule has 0 spiro atoms. The number of rotatable bonds is 9. The van der Waals surface area contributed by atoms with Crippen molar-refractivity contribution in [2.45, 2.75) is 70.3 Å². The lowest BCUT2D eigenvalue weighted by Crippen LogP contribution is -2.41. The zero-order valence-electron chi connectivity index (χ0n) is 20.0. The van der Waals surface area contributed by atoms with Crippen molar-refractivity contribution in [2.24, 2.45) is 5.92 Å². The molecule has 1 atom stereocenters. The molecule has 184 valence electrons. The van der Waals surface area contributed by atoms with E-state index in [4.69, 9.17) is 4.84 Å². The van der Waals surface area contributed by atoms with Crippen molar-refractivity contribution < 1.29 is 19.2 Å². The van der Waals surface area contributed by atoms with Gasteiger partial charge in [-0.25, -0.2) is 4.79 Å². The van der Waals surface area contributed by atoms with Crippen LogP contribution in [0.15, 0.2) is 36.8 Å². The summed E-state index contributed by atoms with van der Waals surface area (Å²) in [6, 6.07) is 4.65.